The van der Waals surface area contributed by atoms with Crippen molar-refractivity contribution in [3.8, 4) is 44.5 Å². The van der Waals surface area contributed by atoms with E-state index < -0.39 is 0 Å². The Morgan fingerprint density at radius 2 is 1.02 bits per heavy atom. The Morgan fingerprint density at radius 1 is 0.418 bits per heavy atom. The van der Waals surface area contributed by atoms with Gasteiger partial charge in [-0.1, -0.05) is 141 Å². The first-order valence-corrected chi connectivity index (χ1v) is 20.5. The van der Waals surface area contributed by atoms with Gasteiger partial charge in [-0.2, -0.15) is 0 Å². The smallest absolute Gasteiger partial charge is 0.0540 e. The standard InChI is InChI=1S/C54H43N/c1-52(2)45-19-11-9-18-41(45)42-25-22-39(32-47(42)52)55(49-20-12-10-17-40(49)34-15-7-4-8-16-34)38-23-26-46-44(31-38)43-24-21-35(33-13-5-3-6-14-33)27-48(43)54(46)50-29-36-28-37-30-51(54)53(36,37)50/h3-27,31-32,36-37,50-51H,28-30H2,1-2H3. The third-order valence-corrected chi connectivity index (χ3v) is 16.0. The molecule has 0 amide bonds. The lowest BCUT2D eigenvalue weighted by atomic mass is 9.11. The van der Waals surface area contributed by atoms with Crippen molar-refractivity contribution in [2.75, 3.05) is 4.90 Å². The molecule has 0 bridgehead atoms. The summed E-state index contributed by atoms with van der Waals surface area (Å²) in [5, 5.41) is 0. The number of hydrogen-bond donors (Lipinski definition) is 0. The van der Waals surface area contributed by atoms with Gasteiger partial charge in [0.2, 0.25) is 0 Å². The molecular weight excluding hydrogens is 663 g/mol. The summed E-state index contributed by atoms with van der Waals surface area (Å²) in [7, 11) is 0. The summed E-state index contributed by atoms with van der Waals surface area (Å²) in [6, 6.07) is 62.3. The van der Waals surface area contributed by atoms with Crippen LogP contribution in [0.15, 0.2) is 164 Å². The van der Waals surface area contributed by atoms with Crippen molar-refractivity contribution in [2.24, 2.45) is 29.1 Å². The predicted molar refractivity (Wildman–Crippen MR) is 226 cm³/mol. The van der Waals surface area contributed by atoms with Crippen LogP contribution in [-0.4, -0.2) is 0 Å². The van der Waals surface area contributed by atoms with E-state index >= 15 is 0 Å². The summed E-state index contributed by atoms with van der Waals surface area (Å²) in [6.45, 7) is 4.78. The molecule has 0 N–H and O–H groups in total. The first-order chi connectivity index (χ1) is 27.0. The number of benzene rings is 7. The molecule has 1 nitrogen and oxygen atoms in total. The maximum absolute atomic E-state index is 2.61. The lowest BCUT2D eigenvalue weighted by Gasteiger charge is -2.92. The summed E-state index contributed by atoms with van der Waals surface area (Å²) >= 11 is 0. The molecule has 0 heterocycles. The van der Waals surface area contributed by atoms with Crippen molar-refractivity contribution >= 4 is 17.1 Å². The van der Waals surface area contributed by atoms with Gasteiger partial charge in [0.05, 0.1) is 5.69 Å². The molecule has 264 valence electrons. The van der Waals surface area contributed by atoms with E-state index in [0.717, 1.165) is 23.7 Å². The second kappa shape index (κ2) is 10.3. The van der Waals surface area contributed by atoms with Gasteiger partial charge in [-0.05, 0) is 146 Å². The zero-order valence-electron chi connectivity index (χ0n) is 31.5. The molecule has 0 radical (unpaired) electrons. The monoisotopic (exact) mass is 705 g/mol. The molecule has 4 atom stereocenters. The minimum absolute atomic E-state index is 0.0881. The molecule has 4 fully saturated rings. The van der Waals surface area contributed by atoms with Crippen molar-refractivity contribution in [3.63, 3.8) is 0 Å². The number of nitrogens with zero attached hydrogens (tertiary/aromatic N) is 1. The third-order valence-electron chi connectivity index (χ3n) is 16.0. The van der Waals surface area contributed by atoms with E-state index in [1.165, 1.54) is 92.0 Å². The Bertz CT molecular complexity index is 2730. The Labute approximate surface area is 324 Å². The molecule has 7 aromatic carbocycles. The molecule has 6 aliphatic carbocycles. The van der Waals surface area contributed by atoms with Crippen LogP contribution in [0.1, 0.15) is 55.4 Å². The van der Waals surface area contributed by atoms with Crippen molar-refractivity contribution in [2.45, 2.75) is 43.9 Å². The largest absolute Gasteiger partial charge is 0.310 e. The topological polar surface area (TPSA) is 3.24 Å². The maximum atomic E-state index is 2.61. The average molecular weight is 706 g/mol. The minimum Gasteiger partial charge on any atom is -0.310 e. The van der Waals surface area contributed by atoms with E-state index in [9.17, 15) is 0 Å². The molecule has 6 aliphatic rings. The van der Waals surface area contributed by atoms with E-state index in [2.05, 4.69) is 183 Å². The van der Waals surface area contributed by atoms with E-state index in [1.807, 2.05) is 0 Å². The van der Waals surface area contributed by atoms with E-state index in [0.29, 0.717) is 5.41 Å². The van der Waals surface area contributed by atoms with E-state index in [4.69, 9.17) is 0 Å². The molecule has 13 rings (SSSR count). The lowest BCUT2D eigenvalue weighted by Crippen LogP contribution is -2.88. The van der Waals surface area contributed by atoms with Crippen LogP contribution in [0.4, 0.5) is 17.1 Å². The van der Waals surface area contributed by atoms with Gasteiger partial charge in [0.15, 0.2) is 0 Å². The zero-order valence-corrected chi connectivity index (χ0v) is 31.5. The van der Waals surface area contributed by atoms with Crippen molar-refractivity contribution in [1.82, 2.24) is 0 Å². The molecule has 2 spiro atoms. The minimum atomic E-state index is -0.0881. The molecule has 55 heavy (non-hydrogen) atoms. The fourth-order valence-corrected chi connectivity index (χ4v) is 13.7. The summed E-state index contributed by atoms with van der Waals surface area (Å²) in [5.41, 5.74) is 21.1. The van der Waals surface area contributed by atoms with Crippen molar-refractivity contribution < 1.29 is 0 Å². The second-order valence-corrected chi connectivity index (χ2v) is 18.1. The number of rotatable bonds is 5. The molecule has 4 saturated carbocycles. The van der Waals surface area contributed by atoms with Crippen molar-refractivity contribution in [1.29, 1.82) is 0 Å². The zero-order chi connectivity index (χ0) is 36.3. The Balaban J connectivity index is 1.03. The van der Waals surface area contributed by atoms with Gasteiger partial charge in [-0.15, -0.1) is 0 Å². The second-order valence-electron chi connectivity index (χ2n) is 18.1. The van der Waals surface area contributed by atoms with E-state index in [1.54, 1.807) is 11.1 Å². The molecule has 0 saturated heterocycles. The van der Waals surface area contributed by atoms with Gasteiger partial charge >= 0.3 is 0 Å². The van der Waals surface area contributed by atoms with Gasteiger partial charge in [-0.25, -0.2) is 0 Å². The highest BCUT2D eigenvalue weighted by atomic mass is 15.1. The van der Waals surface area contributed by atoms with Crippen LogP contribution in [0.2, 0.25) is 0 Å². The fourth-order valence-electron chi connectivity index (χ4n) is 13.7. The molecule has 0 aromatic heterocycles. The molecule has 7 aromatic rings. The number of fused-ring (bicyclic) bond motifs is 10. The van der Waals surface area contributed by atoms with Gasteiger partial charge in [0.1, 0.15) is 0 Å². The molecule has 4 unspecified atom stereocenters. The van der Waals surface area contributed by atoms with Crippen LogP contribution in [0, 0.1) is 29.1 Å². The number of para-hydroxylation sites is 1. The number of hydrogen-bond acceptors (Lipinski definition) is 1. The van der Waals surface area contributed by atoms with Crippen LogP contribution < -0.4 is 4.90 Å². The maximum Gasteiger partial charge on any atom is 0.0540 e. The number of anilines is 3. The van der Waals surface area contributed by atoms with Crippen LogP contribution in [0.25, 0.3) is 44.5 Å². The quantitative estimate of drug-likeness (QED) is 0.172. The first-order valence-electron chi connectivity index (χ1n) is 20.5. The van der Waals surface area contributed by atoms with Crippen LogP contribution in [0.5, 0.6) is 0 Å². The van der Waals surface area contributed by atoms with Crippen LogP contribution in [-0.2, 0) is 10.8 Å². The van der Waals surface area contributed by atoms with Gasteiger partial charge in [0.25, 0.3) is 0 Å². The SMILES string of the molecule is CC1(C)c2ccccc2-c2ccc(N(c3ccc4c(c3)-c3ccc(-c5ccccc5)cc3C43C4CC5CC6CC3C564)c3ccccc3-c3ccccc3)cc21. The first kappa shape index (κ1) is 30.6. The van der Waals surface area contributed by atoms with Gasteiger partial charge in [-0.3, -0.25) is 0 Å². The molecular formula is C54H43N. The normalized spacial score (nSPS) is 27.2. The fraction of sp³-hybridized carbons (Fsp3) is 0.222. The van der Waals surface area contributed by atoms with Gasteiger partial charge < -0.3 is 4.90 Å². The Kier molecular flexibility index (Phi) is 5.76. The summed E-state index contributed by atoms with van der Waals surface area (Å²) in [5.74, 6) is 3.54. The highest BCUT2D eigenvalue weighted by Gasteiger charge is 2.90. The third kappa shape index (κ3) is 3.54. The molecule has 0 aliphatic heterocycles. The highest BCUT2D eigenvalue weighted by Crippen LogP contribution is 2.95. The van der Waals surface area contributed by atoms with Crippen molar-refractivity contribution in [3.05, 3.63) is 186 Å². The summed E-state index contributed by atoms with van der Waals surface area (Å²) in [4.78, 5) is 2.55. The Morgan fingerprint density at radius 3 is 1.78 bits per heavy atom. The highest BCUT2D eigenvalue weighted by molar-refractivity contribution is 5.94. The predicted octanol–water partition coefficient (Wildman–Crippen LogP) is 13.7. The molecule has 1 heteroatoms. The average Bonchev–Trinajstić information content (AvgIpc) is 3.62. The summed E-state index contributed by atoms with van der Waals surface area (Å²) < 4.78 is 0. The van der Waals surface area contributed by atoms with Crippen LogP contribution in [0.3, 0.4) is 0 Å². The van der Waals surface area contributed by atoms with E-state index in [-0.39, 0.29) is 10.8 Å². The van der Waals surface area contributed by atoms with Crippen LogP contribution >= 0.6 is 0 Å². The summed E-state index contributed by atoms with van der Waals surface area (Å²) in [6.07, 6.45) is 4.31. The lowest BCUT2D eigenvalue weighted by molar-refractivity contribution is -0.412. The Hall–Kier alpha value is -5.66. The van der Waals surface area contributed by atoms with Gasteiger partial charge in [0, 0.05) is 27.8 Å².